The topological polar surface area (TPSA) is 32.3 Å². The number of rotatable bonds is 2. The van der Waals surface area contributed by atoms with Gasteiger partial charge < -0.3 is 10.2 Å². The minimum Gasteiger partial charge on any atom is -0.339 e. The van der Waals surface area contributed by atoms with Gasteiger partial charge in [0.15, 0.2) is 0 Å². The molecule has 0 saturated carbocycles. The first-order chi connectivity index (χ1) is 8.59. The maximum atomic E-state index is 13.7. The highest BCUT2D eigenvalue weighted by Crippen LogP contribution is 2.17. The Balaban J connectivity index is 0.00000180. The Bertz CT molecular complexity index is 447. The second-order valence-corrected chi connectivity index (χ2v) is 4.88. The van der Waals surface area contributed by atoms with Gasteiger partial charge in [-0.3, -0.25) is 4.79 Å². The molecule has 0 atom stereocenters. The maximum absolute atomic E-state index is 13.7. The Kier molecular flexibility index (Phi) is 5.76. The first-order valence-corrected chi connectivity index (χ1v) is 6.33. The lowest BCUT2D eigenvalue weighted by Gasteiger charge is -2.31. The van der Waals surface area contributed by atoms with E-state index in [0.717, 1.165) is 31.5 Å². The van der Waals surface area contributed by atoms with Gasteiger partial charge >= 0.3 is 0 Å². The lowest BCUT2D eigenvalue weighted by atomic mass is 10.0. The molecule has 1 aliphatic rings. The molecular formula is C14H20ClFN2O. The Labute approximate surface area is 119 Å². The minimum absolute atomic E-state index is 0. The van der Waals surface area contributed by atoms with Crippen LogP contribution in [0, 0.1) is 12.7 Å². The van der Waals surface area contributed by atoms with Gasteiger partial charge in [-0.05, 0) is 45.0 Å². The summed E-state index contributed by atoms with van der Waals surface area (Å²) in [4.78, 5) is 14.0. The zero-order chi connectivity index (χ0) is 13.1. The molecule has 1 aliphatic heterocycles. The lowest BCUT2D eigenvalue weighted by Crippen LogP contribution is -2.44. The maximum Gasteiger partial charge on any atom is 0.256 e. The number of nitrogens with one attached hydrogen (secondary N) is 1. The van der Waals surface area contributed by atoms with E-state index in [2.05, 4.69) is 5.32 Å². The molecule has 2 rings (SSSR count). The summed E-state index contributed by atoms with van der Waals surface area (Å²) >= 11 is 0. The van der Waals surface area contributed by atoms with Crippen LogP contribution < -0.4 is 5.32 Å². The molecule has 1 saturated heterocycles. The van der Waals surface area contributed by atoms with Crippen molar-refractivity contribution in [3.63, 3.8) is 0 Å². The van der Waals surface area contributed by atoms with Crippen molar-refractivity contribution in [3.05, 3.63) is 35.1 Å². The van der Waals surface area contributed by atoms with E-state index in [9.17, 15) is 9.18 Å². The van der Waals surface area contributed by atoms with Gasteiger partial charge in [-0.25, -0.2) is 4.39 Å². The standard InChI is InChI=1S/C14H19FN2O.ClH/c1-10-3-4-13(15)12(9-10)14(18)17(2)11-5-7-16-8-6-11;/h3-4,9,11,16H,5-8H2,1-2H3;1H. The predicted octanol–water partition coefficient (Wildman–Crippen LogP) is 2.38. The van der Waals surface area contributed by atoms with Crippen molar-refractivity contribution in [2.75, 3.05) is 20.1 Å². The second kappa shape index (κ2) is 6.87. The molecule has 1 aromatic carbocycles. The van der Waals surface area contributed by atoms with E-state index in [0.29, 0.717) is 0 Å². The molecule has 19 heavy (non-hydrogen) atoms. The third kappa shape index (κ3) is 3.67. The number of halogens is 2. The fourth-order valence-electron chi connectivity index (χ4n) is 2.35. The number of carbonyl (C=O) groups is 1. The van der Waals surface area contributed by atoms with E-state index in [1.54, 1.807) is 24.1 Å². The number of piperidine rings is 1. The summed E-state index contributed by atoms with van der Waals surface area (Å²) in [7, 11) is 1.76. The van der Waals surface area contributed by atoms with Gasteiger partial charge in [0, 0.05) is 13.1 Å². The SMILES string of the molecule is Cc1ccc(F)c(C(=O)N(C)C2CCNCC2)c1.Cl. The van der Waals surface area contributed by atoms with Crippen molar-refractivity contribution in [1.82, 2.24) is 10.2 Å². The van der Waals surface area contributed by atoms with E-state index in [1.807, 2.05) is 6.92 Å². The zero-order valence-electron chi connectivity index (χ0n) is 11.3. The molecule has 0 aliphatic carbocycles. The van der Waals surface area contributed by atoms with E-state index in [1.165, 1.54) is 6.07 Å². The van der Waals surface area contributed by atoms with Gasteiger partial charge in [0.1, 0.15) is 5.82 Å². The lowest BCUT2D eigenvalue weighted by molar-refractivity contribution is 0.0698. The van der Waals surface area contributed by atoms with Crippen molar-refractivity contribution in [1.29, 1.82) is 0 Å². The number of hydrogen-bond donors (Lipinski definition) is 1. The van der Waals surface area contributed by atoms with Crippen LogP contribution in [0.3, 0.4) is 0 Å². The van der Waals surface area contributed by atoms with Crippen molar-refractivity contribution in [3.8, 4) is 0 Å². The van der Waals surface area contributed by atoms with Gasteiger partial charge in [-0.2, -0.15) is 0 Å². The summed E-state index contributed by atoms with van der Waals surface area (Å²) in [5.41, 5.74) is 1.08. The largest absolute Gasteiger partial charge is 0.339 e. The molecule has 5 heteroatoms. The summed E-state index contributed by atoms with van der Waals surface area (Å²) in [5.74, 6) is -0.658. The summed E-state index contributed by atoms with van der Waals surface area (Å²) in [6, 6.07) is 4.86. The van der Waals surface area contributed by atoms with Crippen LogP contribution in [0.4, 0.5) is 4.39 Å². The molecule has 0 radical (unpaired) electrons. The number of hydrogen-bond acceptors (Lipinski definition) is 2. The monoisotopic (exact) mass is 286 g/mol. The highest BCUT2D eigenvalue weighted by molar-refractivity contribution is 5.94. The van der Waals surface area contributed by atoms with E-state index in [-0.39, 0.29) is 29.9 Å². The third-order valence-electron chi connectivity index (χ3n) is 3.53. The van der Waals surface area contributed by atoms with Crippen molar-refractivity contribution >= 4 is 18.3 Å². The predicted molar refractivity (Wildman–Crippen MR) is 76.4 cm³/mol. The second-order valence-electron chi connectivity index (χ2n) is 4.88. The van der Waals surface area contributed by atoms with Crippen LogP contribution in [-0.2, 0) is 0 Å². The minimum atomic E-state index is -0.439. The third-order valence-corrected chi connectivity index (χ3v) is 3.53. The Morgan fingerprint density at radius 2 is 2.00 bits per heavy atom. The van der Waals surface area contributed by atoms with E-state index >= 15 is 0 Å². The summed E-state index contributed by atoms with van der Waals surface area (Å²) < 4.78 is 13.7. The van der Waals surface area contributed by atoms with Crippen LogP contribution in [0.5, 0.6) is 0 Å². The van der Waals surface area contributed by atoms with Crippen molar-refractivity contribution in [2.24, 2.45) is 0 Å². The highest BCUT2D eigenvalue weighted by Gasteiger charge is 2.24. The van der Waals surface area contributed by atoms with Gasteiger partial charge in [0.05, 0.1) is 5.56 Å². The fraction of sp³-hybridized carbons (Fsp3) is 0.500. The zero-order valence-corrected chi connectivity index (χ0v) is 12.1. The molecule has 1 N–H and O–H groups in total. The molecule has 0 unspecified atom stereocenters. The van der Waals surface area contributed by atoms with Gasteiger partial charge in [-0.1, -0.05) is 11.6 Å². The fourth-order valence-corrected chi connectivity index (χ4v) is 2.35. The number of amides is 1. The molecule has 3 nitrogen and oxygen atoms in total. The molecular weight excluding hydrogens is 267 g/mol. The van der Waals surface area contributed by atoms with Crippen LogP contribution in [0.1, 0.15) is 28.8 Å². The Hall–Kier alpha value is -1.13. The van der Waals surface area contributed by atoms with Crippen LogP contribution in [0.25, 0.3) is 0 Å². The number of aryl methyl sites for hydroxylation is 1. The molecule has 1 heterocycles. The quantitative estimate of drug-likeness (QED) is 0.905. The van der Waals surface area contributed by atoms with Crippen LogP contribution in [-0.4, -0.2) is 37.0 Å². The van der Waals surface area contributed by atoms with Crippen LogP contribution >= 0.6 is 12.4 Å². The smallest absolute Gasteiger partial charge is 0.256 e. The molecule has 1 aromatic rings. The van der Waals surface area contributed by atoms with Crippen LogP contribution in [0.15, 0.2) is 18.2 Å². The molecule has 106 valence electrons. The molecule has 0 bridgehead atoms. The average molecular weight is 287 g/mol. The molecule has 1 fully saturated rings. The Morgan fingerprint density at radius 1 is 1.37 bits per heavy atom. The Morgan fingerprint density at radius 3 is 2.63 bits per heavy atom. The molecule has 0 spiro atoms. The van der Waals surface area contributed by atoms with Gasteiger partial charge in [0.25, 0.3) is 5.91 Å². The summed E-state index contributed by atoms with van der Waals surface area (Å²) in [6.45, 7) is 3.69. The normalized spacial score (nSPS) is 15.7. The first kappa shape index (κ1) is 15.9. The van der Waals surface area contributed by atoms with Crippen LogP contribution in [0.2, 0.25) is 0 Å². The number of nitrogens with zero attached hydrogens (tertiary/aromatic N) is 1. The highest BCUT2D eigenvalue weighted by atomic mass is 35.5. The summed E-state index contributed by atoms with van der Waals surface area (Å²) in [5, 5.41) is 3.26. The first-order valence-electron chi connectivity index (χ1n) is 6.33. The molecule has 1 amide bonds. The van der Waals surface area contributed by atoms with Gasteiger partial charge in [0.2, 0.25) is 0 Å². The molecule has 0 aromatic heterocycles. The number of benzene rings is 1. The van der Waals surface area contributed by atoms with Crippen molar-refractivity contribution in [2.45, 2.75) is 25.8 Å². The summed E-state index contributed by atoms with van der Waals surface area (Å²) in [6.07, 6.45) is 1.85. The van der Waals surface area contributed by atoms with E-state index in [4.69, 9.17) is 0 Å². The van der Waals surface area contributed by atoms with E-state index < -0.39 is 5.82 Å². The average Bonchev–Trinajstić information content (AvgIpc) is 2.41. The van der Waals surface area contributed by atoms with Crippen molar-refractivity contribution < 1.29 is 9.18 Å². The number of carbonyl (C=O) groups excluding carboxylic acids is 1. The van der Waals surface area contributed by atoms with Gasteiger partial charge in [-0.15, -0.1) is 12.4 Å².